The number of hydrogen-bond acceptors (Lipinski definition) is 3. The maximum atomic E-state index is 11.9. The minimum absolute atomic E-state index is 0. The highest BCUT2D eigenvalue weighted by atomic mass is 127. The third-order valence-corrected chi connectivity index (χ3v) is 3.08. The van der Waals surface area contributed by atoms with E-state index in [1.807, 2.05) is 30.3 Å². The lowest BCUT2D eigenvalue weighted by Gasteiger charge is -2.06. The molecule has 0 unspecified atom stereocenters. The Morgan fingerprint density at radius 1 is 1.12 bits per heavy atom. The molecule has 0 aliphatic rings. The first-order valence-electron chi connectivity index (χ1n) is 7.23. The molecule has 0 aliphatic heterocycles. The van der Waals surface area contributed by atoms with Crippen molar-refractivity contribution >= 4 is 41.5 Å². The molecule has 24 heavy (non-hydrogen) atoms. The predicted molar refractivity (Wildman–Crippen MR) is 107 cm³/mol. The van der Waals surface area contributed by atoms with Gasteiger partial charge in [-0.15, -0.1) is 24.0 Å². The van der Waals surface area contributed by atoms with E-state index in [0.717, 1.165) is 5.69 Å². The number of nitrogens with zero attached hydrogens (tertiary/aromatic N) is 1. The number of para-hydroxylation sites is 1. The Morgan fingerprint density at radius 3 is 2.42 bits per heavy atom. The van der Waals surface area contributed by atoms with Crippen LogP contribution in [0.2, 0.25) is 0 Å². The van der Waals surface area contributed by atoms with Crippen LogP contribution in [0, 0.1) is 0 Å². The molecule has 1 amide bonds. The molecule has 0 heterocycles. The Morgan fingerprint density at radius 2 is 1.79 bits per heavy atom. The number of nitrogens with one attached hydrogen (secondary N) is 2. The highest BCUT2D eigenvalue weighted by Crippen LogP contribution is 2.10. The van der Waals surface area contributed by atoms with Crippen LogP contribution in [0.4, 0.5) is 5.69 Å². The number of amides is 1. The Hall–Kier alpha value is -2.29. The van der Waals surface area contributed by atoms with Crippen molar-refractivity contribution in [2.24, 2.45) is 10.7 Å². The summed E-state index contributed by atoms with van der Waals surface area (Å²) < 4.78 is 5.05. The number of aliphatic imine (C=N–C) groups is 1. The number of ether oxygens (including phenoxy) is 1. The van der Waals surface area contributed by atoms with Crippen molar-refractivity contribution in [3.63, 3.8) is 0 Å². The molecule has 0 spiro atoms. The second kappa shape index (κ2) is 10.5. The lowest BCUT2D eigenvalue weighted by atomic mass is 10.2. The van der Waals surface area contributed by atoms with Gasteiger partial charge in [-0.05, 0) is 36.4 Å². The number of carbonyl (C=O) groups is 1. The number of hydrogen-bond donors (Lipinski definition) is 3. The number of methoxy groups -OCH3 is 1. The molecule has 7 heteroatoms. The van der Waals surface area contributed by atoms with Crippen LogP contribution in [-0.2, 0) is 0 Å². The molecule has 0 aliphatic carbocycles. The van der Waals surface area contributed by atoms with Gasteiger partial charge in [0.15, 0.2) is 5.96 Å². The number of nitrogens with two attached hydrogens (primary N) is 1. The van der Waals surface area contributed by atoms with Crippen molar-refractivity contribution in [2.45, 2.75) is 0 Å². The first-order chi connectivity index (χ1) is 11.2. The first-order valence-corrected chi connectivity index (χ1v) is 7.23. The summed E-state index contributed by atoms with van der Waals surface area (Å²) in [6.07, 6.45) is 0. The van der Waals surface area contributed by atoms with Gasteiger partial charge >= 0.3 is 0 Å². The molecule has 2 aromatic rings. The van der Waals surface area contributed by atoms with E-state index >= 15 is 0 Å². The average Bonchev–Trinajstić information content (AvgIpc) is 2.59. The summed E-state index contributed by atoms with van der Waals surface area (Å²) in [7, 11) is 1.58. The molecule has 0 fully saturated rings. The standard InChI is InChI=1S/C17H20N4O2.HI/c1-23-15-9-7-13(8-10-15)16(22)19-11-12-20-17(18)21-14-5-3-2-4-6-14;/h2-10H,11-12H2,1H3,(H,19,22)(H3,18,20,21);1H. The van der Waals surface area contributed by atoms with Gasteiger partial charge in [-0.3, -0.25) is 9.79 Å². The number of carbonyl (C=O) groups excluding carboxylic acids is 1. The SMILES string of the molecule is COc1ccc(C(=O)NCCN=C(N)Nc2ccccc2)cc1.I. The van der Waals surface area contributed by atoms with E-state index in [-0.39, 0.29) is 29.9 Å². The monoisotopic (exact) mass is 440 g/mol. The molecule has 6 nitrogen and oxygen atoms in total. The van der Waals surface area contributed by atoms with Gasteiger partial charge in [-0.25, -0.2) is 0 Å². The van der Waals surface area contributed by atoms with Gasteiger partial charge in [0.05, 0.1) is 13.7 Å². The van der Waals surface area contributed by atoms with E-state index in [1.54, 1.807) is 31.4 Å². The summed E-state index contributed by atoms with van der Waals surface area (Å²) in [5.74, 6) is 0.873. The molecule has 4 N–H and O–H groups in total. The van der Waals surface area contributed by atoms with Crippen LogP contribution in [0.15, 0.2) is 59.6 Å². The molecule has 0 radical (unpaired) electrons. The summed E-state index contributed by atoms with van der Waals surface area (Å²) in [5.41, 5.74) is 7.22. The number of rotatable bonds is 6. The van der Waals surface area contributed by atoms with Crippen LogP contribution in [0.3, 0.4) is 0 Å². The van der Waals surface area contributed by atoms with E-state index < -0.39 is 0 Å². The zero-order chi connectivity index (χ0) is 16.5. The average molecular weight is 440 g/mol. The fourth-order valence-electron chi connectivity index (χ4n) is 1.90. The van der Waals surface area contributed by atoms with Gasteiger partial charge in [-0.2, -0.15) is 0 Å². The van der Waals surface area contributed by atoms with Crippen LogP contribution >= 0.6 is 24.0 Å². The molecule has 2 aromatic carbocycles. The molecule has 2 rings (SSSR count). The van der Waals surface area contributed by atoms with Crippen LogP contribution in [0.25, 0.3) is 0 Å². The van der Waals surface area contributed by atoms with Crippen molar-refractivity contribution in [3.05, 3.63) is 60.2 Å². The zero-order valence-electron chi connectivity index (χ0n) is 13.4. The predicted octanol–water partition coefficient (Wildman–Crippen LogP) is 2.47. The summed E-state index contributed by atoms with van der Waals surface area (Å²) in [5, 5.41) is 5.76. The highest BCUT2D eigenvalue weighted by Gasteiger charge is 2.04. The third kappa shape index (κ3) is 6.45. The van der Waals surface area contributed by atoms with Crippen LogP contribution in [-0.4, -0.2) is 32.1 Å². The van der Waals surface area contributed by atoms with Gasteiger partial charge in [0, 0.05) is 17.8 Å². The van der Waals surface area contributed by atoms with Gasteiger partial charge in [0.2, 0.25) is 0 Å². The van der Waals surface area contributed by atoms with Crippen LogP contribution in [0.1, 0.15) is 10.4 Å². The molecule has 0 atom stereocenters. The van der Waals surface area contributed by atoms with Crippen LogP contribution < -0.4 is 21.1 Å². The van der Waals surface area contributed by atoms with Crippen molar-refractivity contribution in [1.82, 2.24) is 5.32 Å². The second-order valence-electron chi connectivity index (χ2n) is 4.74. The largest absolute Gasteiger partial charge is 0.497 e. The van der Waals surface area contributed by atoms with Crippen LogP contribution in [0.5, 0.6) is 5.75 Å². The maximum Gasteiger partial charge on any atom is 0.251 e. The van der Waals surface area contributed by atoms with Crippen molar-refractivity contribution in [1.29, 1.82) is 0 Å². The first kappa shape index (κ1) is 19.8. The third-order valence-electron chi connectivity index (χ3n) is 3.08. The van der Waals surface area contributed by atoms with Crippen molar-refractivity contribution < 1.29 is 9.53 Å². The summed E-state index contributed by atoms with van der Waals surface area (Å²) in [6, 6.07) is 16.4. The van der Waals surface area contributed by atoms with Gasteiger partial charge in [-0.1, -0.05) is 18.2 Å². The Kier molecular flexibility index (Phi) is 8.63. The Balaban J connectivity index is 0.00000288. The molecule has 0 saturated heterocycles. The highest BCUT2D eigenvalue weighted by molar-refractivity contribution is 14.0. The number of halogens is 1. The number of guanidine groups is 1. The fraction of sp³-hybridized carbons (Fsp3) is 0.176. The maximum absolute atomic E-state index is 11.9. The minimum atomic E-state index is -0.155. The fourth-order valence-corrected chi connectivity index (χ4v) is 1.90. The quantitative estimate of drug-likeness (QED) is 0.279. The Bertz CT molecular complexity index is 660. The molecule has 0 bridgehead atoms. The second-order valence-corrected chi connectivity index (χ2v) is 4.74. The van der Waals surface area contributed by atoms with Crippen molar-refractivity contribution in [3.8, 4) is 5.75 Å². The molecular weight excluding hydrogens is 419 g/mol. The van der Waals surface area contributed by atoms with E-state index in [1.165, 1.54) is 0 Å². The molecule has 0 saturated carbocycles. The number of anilines is 1. The molecule has 0 aromatic heterocycles. The summed E-state index contributed by atoms with van der Waals surface area (Å²) in [6.45, 7) is 0.801. The normalized spacial score (nSPS) is 10.5. The lowest BCUT2D eigenvalue weighted by Crippen LogP contribution is -2.28. The smallest absolute Gasteiger partial charge is 0.251 e. The summed E-state index contributed by atoms with van der Waals surface area (Å²) >= 11 is 0. The van der Waals surface area contributed by atoms with Crippen molar-refractivity contribution in [2.75, 3.05) is 25.5 Å². The summed E-state index contributed by atoms with van der Waals surface area (Å²) in [4.78, 5) is 16.1. The van der Waals surface area contributed by atoms with Gasteiger partial charge in [0.1, 0.15) is 5.75 Å². The van der Waals surface area contributed by atoms with E-state index in [0.29, 0.717) is 30.4 Å². The number of benzene rings is 2. The van der Waals surface area contributed by atoms with Gasteiger partial charge < -0.3 is 21.1 Å². The minimum Gasteiger partial charge on any atom is -0.497 e. The molecule has 128 valence electrons. The lowest BCUT2D eigenvalue weighted by molar-refractivity contribution is 0.0955. The van der Waals surface area contributed by atoms with E-state index in [4.69, 9.17) is 10.5 Å². The Labute approximate surface area is 158 Å². The topological polar surface area (TPSA) is 88.7 Å². The molecular formula is C17H21IN4O2. The van der Waals surface area contributed by atoms with Gasteiger partial charge in [0.25, 0.3) is 5.91 Å². The zero-order valence-corrected chi connectivity index (χ0v) is 15.7. The van der Waals surface area contributed by atoms with E-state index in [2.05, 4.69) is 15.6 Å². The van der Waals surface area contributed by atoms with E-state index in [9.17, 15) is 4.79 Å².